The number of carbonyl (C=O) groups is 1. The highest BCUT2D eigenvalue weighted by Gasteiger charge is 2.12. The van der Waals surface area contributed by atoms with Crippen LogP contribution in [0, 0.1) is 0 Å². The predicted octanol–water partition coefficient (Wildman–Crippen LogP) is 3.39. The zero-order valence-corrected chi connectivity index (χ0v) is 16.4. The Hall–Kier alpha value is -1.11. The van der Waals surface area contributed by atoms with Crippen molar-refractivity contribution in [2.75, 3.05) is 25.5 Å². The fourth-order valence-corrected chi connectivity index (χ4v) is 3.37. The third kappa shape index (κ3) is 7.75. The predicted molar refractivity (Wildman–Crippen MR) is 105 cm³/mol. The van der Waals surface area contributed by atoms with Crippen molar-refractivity contribution >= 4 is 30.1 Å². The lowest BCUT2D eigenvalue weighted by molar-refractivity contribution is -0.121. The van der Waals surface area contributed by atoms with Crippen LogP contribution in [0.5, 0.6) is 11.5 Å². The van der Waals surface area contributed by atoms with Crippen molar-refractivity contribution in [2.45, 2.75) is 50.0 Å². The molecule has 0 bridgehead atoms. The van der Waals surface area contributed by atoms with Gasteiger partial charge in [-0.05, 0) is 24.6 Å². The summed E-state index contributed by atoms with van der Waals surface area (Å²) in [5, 5.41) is 3.02. The molecule has 1 heterocycles. The van der Waals surface area contributed by atoms with E-state index in [-0.39, 0.29) is 24.4 Å². The third-order valence-corrected chi connectivity index (χ3v) is 4.87. The number of carbonyl (C=O) groups excluding carboxylic acids is 1. The zero-order valence-electron chi connectivity index (χ0n) is 14.8. The van der Waals surface area contributed by atoms with Gasteiger partial charge in [-0.25, -0.2) is 0 Å². The van der Waals surface area contributed by atoms with Crippen molar-refractivity contribution < 1.29 is 14.3 Å². The summed E-state index contributed by atoms with van der Waals surface area (Å²) in [5.74, 6) is 2.40. The van der Waals surface area contributed by atoms with Crippen LogP contribution in [0.15, 0.2) is 23.1 Å². The van der Waals surface area contributed by atoms with Crippen LogP contribution in [0.4, 0.5) is 0 Å². The second-order valence-electron chi connectivity index (χ2n) is 5.90. The zero-order chi connectivity index (χ0) is 17.2. The lowest BCUT2D eigenvalue weighted by atomic mass is 10.1. The highest BCUT2D eigenvalue weighted by Crippen LogP contribution is 2.33. The molecule has 1 aliphatic rings. The minimum absolute atomic E-state index is 0. The number of ether oxygens (including phenoxy) is 2. The molecule has 0 radical (unpaired) electrons. The summed E-state index contributed by atoms with van der Waals surface area (Å²) in [7, 11) is 0. The first-order valence-electron chi connectivity index (χ1n) is 8.74. The van der Waals surface area contributed by atoms with E-state index in [1.807, 2.05) is 18.2 Å². The van der Waals surface area contributed by atoms with Crippen LogP contribution in [0.2, 0.25) is 0 Å². The summed E-state index contributed by atoms with van der Waals surface area (Å²) in [5.41, 5.74) is 5.71. The maximum absolute atomic E-state index is 12.0. The molecule has 1 aromatic carbocycles. The summed E-state index contributed by atoms with van der Waals surface area (Å²) in [6, 6.07) is 6.05. The number of halogens is 1. The monoisotopic (exact) mass is 388 g/mol. The van der Waals surface area contributed by atoms with Crippen LogP contribution < -0.4 is 20.5 Å². The van der Waals surface area contributed by atoms with Crippen LogP contribution in [0.1, 0.15) is 39.0 Å². The molecule has 1 atom stereocenters. The summed E-state index contributed by atoms with van der Waals surface area (Å²) >= 11 is 1.65. The maximum Gasteiger partial charge on any atom is 0.221 e. The Morgan fingerprint density at radius 2 is 2.08 bits per heavy atom. The van der Waals surface area contributed by atoms with E-state index < -0.39 is 0 Å². The number of unbranched alkanes of at least 4 members (excludes halogenated alkanes) is 1. The van der Waals surface area contributed by atoms with Gasteiger partial charge in [0.25, 0.3) is 0 Å². The van der Waals surface area contributed by atoms with E-state index in [4.69, 9.17) is 15.2 Å². The first-order valence-corrected chi connectivity index (χ1v) is 9.73. The number of hydrogen-bond donors (Lipinski definition) is 2. The normalized spacial score (nSPS) is 14.2. The average Bonchev–Trinajstić information content (AvgIpc) is 2.83. The highest BCUT2D eigenvalue weighted by molar-refractivity contribution is 7.99. The molecular formula is C18H29ClN2O3S. The van der Waals surface area contributed by atoms with Gasteiger partial charge in [-0.3, -0.25) is 4.79 Å². The van der Waals surface area contributed by atoms with Crippen molar-refractivity contribution in [1.82, 2.24) is 5.32 Å². The van der Waals surface area contributed by atoms with Gasteiger partial charge >= 0.3 is 0 Å². The third-order valence-electron chi connectivity index (χ3n) is 3.87. The molecule has 0 spiro atoms. The topological polar surface area (TPSA) is 73.6 Å². The largest absolute Gasteiger partial charge is 0.490 e. The average molecular weight is 389 g/mol. The van der Waals surface area contributed by atoms with Gasteiger partial charge in [0.2, 0.25) is 5.91 Å². The number of rotatable bonds is 9. The van der Waals surface area contributed by atoms with Crippen molar-refractivity contribution in [3.05, 3.63) is 18.2 Å². The Labute approximate surface area is 160 Å². The number of hydrogen-bond acceptors (Lipinski definition) is 5. The summed E-state index contributed by atoms with van der Waals surface area (Å²) in [4.78, 5) is 13.1. The lowest BCUT2D eigenvalue weighted by Crippen LogP contribution is -2.40. The number of nitrogens with two attached hydrogens (primary N) is 1. The van der Waals surface area contributed by atoms with Gasteiger partial charge in [0.1, 0.15) is 0 Å². The molecule has 7 heteroatoms. The van der Waals surface area contributed by atoms with Gasteiger partial charge in [0.05, 0.1) is 13.2 Å². The van der Waals surface area contributed by atoms with Crippen LogP contribution in [0.3, 0.4) is 0 Å². The number of benzene rings is 1. The van der Waals surface area contributed by atoms with Gasteiger partial charge in [-0.1, -0.05) is 19.8 Å². The van der Waals surface area contributed by atoms with E-state index in [1.165, 1.54) is 0 Å². The number of thioether (sulfide) groups is 1. The fourth-order valence-electron chi connectivity index (χ4n) is 2.49. The van der Waals surface area contributed by atoms with Crippen molar-refractivity contribution in [1.29, 1.82) is 0 Å². The minimum Gasteiger partial charge on any atom is -0.490 e. The van der Waals surface area contributed by atoms with Gasteiger partial charge in [0.15, 0.2) is 11.5 Å². The van der Waals surface area contributed by atoms with Crippen LogP contribution in [0.25, 0.3) is 0 Å². The van der Waals surface area contributed by atoms with Crippen LogP contribution in [-0.2, 0) is 4.79 Å². The molecule has 25 heavy (non-hydrogen) atoms. The highest BCUT2D eigenvalue weighted by atomic mass is 35.5. The molecular weight excluding hydrogens is 360 g/mol. The molecule has 1 aromatic rings. The molecule has 0 aliphatic carbocycles. The van der Waals surface area contributed by atoms with Gasteiger partial charge in [-0.15, -0.1) is 24.2 Å². The summed E-state index contributed by atoms with van der Waals surface area (Å²) in [6.07, 6.45) is 4.55. The molecule has 0 saturated carbocycles. The van der Waals surface area contributed by atoms with Crippen LogP contribution in [-0.4, -0.2) is 37.5 Å². The Bertz CT molecular complexity index is 531. The SMILES string of the molecule is CCCCC(CN)NC(=O)CCSc1ccc2c(c1)OCCCO2.Cl. The lowest BCUT2D eigenvalue weighted by Gasteiger charge is -2.16. The molecule has 1 unspecified atom stereocenters. The van der Waals surface area contributed by atoms with E-state index in [2.05, 4.69) is 12.2 Å². The molecule has 5 nitrogen and oxygen atoms in total. The van der Waals surface area contributed by atoms with E-state index in [1.54, 1.807) is 11.8 Å². The smallest absolute Gasteiger partial charge is 0.221 e. The summed E-state index contributed by atoms with van der Waals surface area (Å²) in [6.45, 7) is 4.02. The molecule has 0 saturated heterocycles. The van der Waals surface area contributed by atoms with Gasteiger partial charge < -0.3 is 20.5 Å². The Morgan fingerprint density at radius 3 is 2.80 bits per heavy atom. The van der Waals surface area contributed by atoms with E-state index >= 15 is 0 Å². The molecule has 142 valence electrons. The number of fused-ring (bicyclic) bond motifs is 1. The second-order valence-corrected chi connectivity index (χ2v) is 7.07. The molecule has 3 N–H and O–H groups in total. The van der Waals surface area contributed by atoms with Gasteiger partial charge in [-0.2, -0.15) is 0 Å². The first-order chi connectivity index (χ1) is 11.7. The Kier molecular flexibility index (Phi) is 10.8. The van der Waals surface area contributed by atoms with E-state index in [0.29, 0.717) is 26.2 Å². The quantitative estimate of drug-likeness (QED) is 0.634. The van der Waals surface area contributed by atoms with E-state index in [9.17, 15) is 4.79 Å². The van der Waals surface area contributed by atoms with Crippen molar-refractivity contribution in [3.8, 4) is 11.5 Å². The number of nitrogens with one attached hydrogen (secondary N) is 1. The maximum atomic E-state index is 12.0. The molecule has 0 fully saturated rings. The minimum atomic E-state index is 0. The van der Waals surface area contributed by atoms with Crippen LogP contribution >= 0.6 is 24.2 Å². The van der Waals surface area contributed by atoms with Gasteiger partial charge in [0, 0.05) is 36.1 Å². The molecule has 1 aliphatic heterocycles. The fraction of sp³-hybridized carbons (Fsp3) is 0.611. The Balaban J connectivity index is 0.00000312. The molecule has 2 rings (SSSR count). The second kappa shape index (κ2) is 12.3. The van der Waals surface area contributed by atoms with Crippen molar-refractivity contribution in [2.24, 2.45) is 5.73 Å². The standard InChI is InChI=1S/C18H28N2O3S.ClH/c1-2-3-5-14(13-19)20-18(21)8-11-24-15-6-7-16-17(12-15)23-10-4-9-22-16;/h6-7,12,14H,2-5,8-11,13,19H2,1H3,(H,20,21);1H. The first kappa shape index (κ1) is 21.9. The molecule has 1 amide bonds. The number of amides is 1. The van der Waals surface area contributed by atoms with Crippen molar-refractivity contribution in [3.63, 3.8) is 0 Å². The van der Waals surface area contributed by atoms with E-state index in [0.717, 1.165) is 47.8 Å². The summed E-state index contributed by atoms with van der Waals surface area (Å²) < 4.78 is 11.3. The molecule has 0 aromatic heterocycles. The Morgan fingerprint density at radius 1 is 1.32 bits per heavy atom.